The number of carbonyl (C=O) groups is 3. The van der Waals surface area contributed by atoms with E-state index in [9.17, 15) is 24.8 Å². The Morgan fingerprint density at radius 2 is 1.58 bits per heavy atom. The average Bonchev–Trinajstić information content (AvgIpc) is 2.77. The van der Waals surface area contributed by atoms with Crippen LogP contribution in [0.1, 0.15) is 99.8 Å². The van der Waals surface area contributed by atoms with Gasteiger partial charge in [0.2, 0.25) is 0 Å². The van der Waals surface area contributed by atoms with E-state index in [2.05, 4.69) is 40.7 Å². The molecule has 3 unspecified atom stereocenters. The molecule has 36 heavy (non-hydrogen) atoms. The van der Waals surface area contributed by atoms with E-state index >= 15 is 0 Å². The van der Waals surface area contributed by atoms with Crippen LogP contribution in [0.4, 0.5) is 0 Å². The first-order chi connectivity index (χ1) is 16.5. The third-order valence-corrected chi connectivity index (χ3v) is 12.9. The number of carbonyl (C=O) groups excluding carboxylic acids is 2. The topological polar surface area (TPSA) is 95.2 Å². The number of Topliss-reactive ketones (excluding diaryl/α,β-unsaturated/α-hetero) is 2. The molecule has 0 heterocycles. The Bertz CT molecular complexity index is 1130. The summed E-state index contributed by atoms with van der Waals surface area (Å²) in [6.07, 6.45) is 7.87. The lowest BCUT2D eigenvalue weighted by atomic mass is 9.31. The number of rotatable bonds is 1. The molecule has 196 valence electrons. The molecule has 0 bridgehead atoms. The summed E-state index contributed by atoms with van der Waals surface area (Å²) in [7, 11) is 0. The minimum Gasteiger partial charge on any atom is -0.481 e. The van der Waals surface area contributed by atoms with E-state index in [4.69, 9.17) is 0 Å². The van der Waals surface area contributed by atoms with Gasteiger partial charge in [-0.3, -0.25) is 14.4 Å². The van der Waals surface area contributed by atoms with Crippen LogP contribution in [0.2, 0.25) is 0 Å². The highest BCUT2D eigenvalue weighted by Crippen LogP contribution is 2.75. The van der Waals surface area contributed by atoms with Gasteiger partial charge >= 0.3 is 5.97 Å². The lowest BCUT2D eigenvalue weighted by Gasteiger charge is -2.71. The molecule has 5 heteroatoms. The zero-order valence-corrected chi connectivity index (χ0v) is 23.2. The number of nitriles is 1. The highest BCUT2D eigenvalue weighted by Gasteiger charge is 2.73. The van der Waals surface area contributed by atoms with Gasteiger partial charge in [0.15, 0.2) is 5.78 Å². The highest BCUT2D eigenvalue weighted by molar-refractivity contribution is 6.04. The van der Waals surface area contributed by atoms with Gasteiger partial charge in [0, 0.05) is 17.8 Å². The minimum absolute atomic E-state index is 0.0295. The van der Waals surface area contributed by atoms with E-state index in [1.807, 2.05) is 19.9 Å². The number of nitrogens with zero attached hydrogens (tertiary/aromatic N) is 1. The van der Waals surface area contributed by atoms with Crippen molar-refractivity contribution in [3.05, 3.63) is 11.6 Å². The maximum Gasteiger partial charge on any atom is 0.309 e. The number of allylic oxidation sites excluding steroid dienone is 2. The Morgan fingerprint density at radius 3 is 2.19 bits per heavy atom. The molecule has 0 aliphatic heterocycles. The van der Waals surface area contributed by atoms with Crippen molar-refractivity contribution >= 4 is 17.5 Å². The van der Waals surface area contributed by atoms with E-state index in [-0.39, 0.29) is 57.1 Å². The van der Waals surface area contributed by atoms with Crippen LogP contribution in [0.5, 0.6) is 0 Å². The smallest absolute Gasteiger partial charge is 0.309 e. The fourth-order valence-corrected chi connectivity index (χ4v) is 10.7. The van der Waals surface area contributed by atoms with Gasteiger partial charge in [-0.25, -0.2) is 0 Å². The van der Waals surface area contributed by atoms with Crippen LogP contribution in [0, 0.1) is 67.5 Å². The second kappa shape index (κ2) is 7.33. The Balaban J connectivity index is 1.65. The first kappa shape index (κ1) is 25.7. The van der Waals surface area contributed by atoms with E-state index < -0.39 is 22.2 Å². The number of aliphatic carboxylic acids is 1. The predicted octanol–water partition coefficient (Wildman–Crippen LogP) is 6.37. The zero-order valence-electron chi connectivity index (χ0n) is 23.2. The van der Waals surface area contributed by atoms with Gasteiger partial charge in [-0.2, -0.15) is 5.26 Å². The second-order valence-electron chi connectivity index (χ2n) is 15.1. The maximum absolute atomic E-state index is 14.3. The van der Waals surface area contributed by atoms with Gasteiger partial charge in [0.25, 0.3) is 0 Å². The zero-order chi connectivity index (χ0) is 26.7. The molecule has 5 aliphatic rings. The fourth-order valence-electron chi connectivity index (χ4n) is 10.7. The van der Waals surface area contributed by atoms with E-state index in [0.717, 1.165) is 32.1 Å². The molecule has 5 rings (SSSR count). The molecule has 5 nitrogen and oxygen atoms in total. The first-order valence-corrected chi connectivity index (χ1v) is 13.9. The van der Waals surface area contributed by atoms with Crippen LogP contribution in [-0.2, 0) is 14.4 Å². The standard InChI is InChI=1S/C31H43NO4/c1-26(2)10-12-31(25(35)36)13-11-30(7)23(19(31)16-26)20(33)14-22-28(5)15-18(17-32)24(34)27(3,4)21(28)8-9-29(22,30)6/h15,19,21-23H,8-14,16H2,1-7H3,(H,35,36)/t19?,21?,22-,23?,28+,29-,30-,31+/m1/s1. The minimum atomic E-state index is -0.799. The van der Waals surface area contributed by atoms with Crippen LogP contribution in [0.25, 0.3) is 0 Å². The molecule has 0 aromatic carbocycles. The number of ketones is 2. The summed E-state index contributed by atoms with van der Waals surface area (Å²) >= 11 is 0. The first-order valence-electron chi connectivity index (χ1n) is 13.9. The van der Waals surface area contributed by atoms with Gasteiger partial charge in [0.05, 0.1) is 11.0 Å². The van der Waals surface area contributed by atoms with Crippen LogP contribution in [0.3, 0.4) is 0 Å². The SMILES string of the molecule is CC1(C)CC[C@]2(C(=O)O)CC[C@]3(C)C(C(=O)C[C@@H]4[C@@]5(C)C=C(C#N)C(=O)C(C)(C)C5CC[C@]43C)C2C1. The molecule has 0 radical (unpaired) electrons. The number of hydrogen-bond donors (Lipinski definition) is 1. The van der Waals surface area contributed by atoms with Crippen molar-refractivity contribution in [3.8, 4) is 6.07 Å². The van der Waals surface area contributed by atoms with Crippen molar-refractivity contribution in [2.24, 2.45) is 56.2 Å². The highest BCUT2D eigenvalue weighted by atomic mass is 16.4. The summed E-state index contributed by atoms with van der Waals surface area (Å²) in [6, 6.07) is 2.18. The largest absolute Gasteiger partial charge is 0.481 e. The van der Waals surface area contributed by atoms with Gasteiger partial charge < -0.3 is 5.11 Å². The average molecular weight is 494 g/mol. The third kappa shape index (κ3) is 2.91. The third-order valence-electron chi connectivity index (χ3n) is 12.9. The Morgan fingerprint density at radius 1 is 0.944 bits per heavy atom. The normalized spacial score (nSPS) is 48.9. The number of carboxylic acids is 1. The Kier molecular flexibility index (Phi) is 5.23. The van der Waals surface area contributed by atoms with Crippen molar-refractivity contribution in [3.63, 3.8) is 0 Å². The van der Waals surface area contributed by atoms with Crippen molar-refractivity contribution in [2.45, 2.75) is 99.8 Å². The molecular weight excluding hydrogens is 450 g/mol. The lowest BCUT2D eigenvalue weighted by Crippen LogP contribution is -2.69. The van der Waals surface area contributed by atoms with Crippen molar-refractivity contribution in [1.82, 2.24) is 0 Å². The monoisotopic (exact) mass is 493 g/mol. The summed E-state index contributed by atoms with van der Waals surface area (Å²) in [5, 5.41) is 20.4. The van der Waals surface area contributed by atoms with Crippen molar-refractivity contribution < 1.29 is 19.5 Å². The number of carboxylic acid groups (broad SMARTS) is 1. The molecule has 8 atom stereocenters. The van der Waals surface area contributed by atoms with Crippen LogP contribution in [0.15, 0.2) is 11.6 Å². The van der Waals surface area contributed by atoms with Gasteiger partial charge in [-0.05, 0) is 84.4 Å². The maximum atomic E-state index is 14.3. The number of fused-ring (bicyclic) bond motifs is 7. The molecule has 0 spiro atoms. The summed E-state index contributed by atoms with van der Waals surface area (Å²) in [5.41, 5.74) is -2.07. The molecule has 0 saturated heterocycles. The fraction of sp³-hybridized carbons (Fsp3) is 0.806. The molecule has 4 fully saturated rings. The van der Waals surface area contributed by atoms with E-state index in [1.165, 1.54) is 0 Å². The van der Waals surface area contributed by atoms with Crippen LogP contribution in [-0.4, -0.2) is 22.6 Å². The molecule has 1 N–H and O–H groups in total. The Labute approximate surface area is 216 Å². The summed E-state index contributed by atoms with van der Waals surface area (Å²) in [4.78, 5) is 40.3. The number of hydrogen-bond acceptors (Lipinski definition) is 4. The van der Waals surface area contributed by atoms with Crippen molar-refractivity contribution in [2.75, 3.05) is 0 Å². The molecule has 4 saturated carbocycles. The quantitative estimate of drug-likeness (QED) is 0.458. The van der Waals surface area contributed by atoms with E-state index in [0.29, 0.717) is 19.3 Å². The molecule has 5 aliphatic carbocycles. The van der Waals surface area contributed by atoms with Crippen LogP contribution < -0.4 is 0 Å². The summed E-state index contributed by atoms with van der Waals surface area (Å²) in [5.74, 6) is -0.843. The van der Waals surface area contributed by atoms with Gasteiger partial charge in [-0.15, -0.1) is 0 Å². The predicted molar refractivity (Wildman–Crippen MR) is 137 cm³/mol. The Hall–Kier alpha value is -1.96. The van der Waals surface area contributed by atoms with Crippen LogP contribution >= 0.6 is 0 Å². The summed E-state index contributed by atoms with van der Waals surface area (Å²) in [6.45, 7) is 15.2. The molecular formula is C31H43NO4. The molecule has 0 amide bonds. The second-order valence-corrected chi connectivity index (χ2v) is 15.1. The van der Waals surface area contributed by atoms with Crippen molar-refractivity contribution in [1.29, 1.82) is 5.26 Å². The molecule has 0 aromatic rings. The molecule has 0 aromatic heterocycles. The van der Waals surface area contributed by atoms with Gasteiger partial charge in [-0.1, -0.05) is 54.5 Å². The van der Waals surface area contributed by atoms with E-state index in [1.54, 1.807) is 0 Å². The lowest BCUT2D eigenvalue weighted by molar-refractivity contribution is -0.225. The van der Waals surface area contributed by atoms with Gasteiger partial charge in [0.1, 0.15) is 11.9 Å². The summed E-state index contributed by atoms with van der Waals surface area (Å²) < 4.78 is 0.